The molecule has 0 amide bonds. The summed E-state index contributed by atoms with van der Waals surface area (Å²) in [6.07, 6.45) is -0.0775. The third-order valence-corrected chi connectivity index (χ3v) is 6.19. The van der Waals surface area contributed by atoms with Gasteiger partial charge in [-0.1, -0.05) is 0 Å². The van der Waals surface area contributed by atoms with Crippen LogP contribution in [-0.4, -0.2) is 37.5 Å². The highest BCUT2D eigenvalue weighted by atomic mass is 16.5. The Morgan fingerprint density at radius 3 is 2.19 bits per heavy atom. The van der Waals surface area contributed by atoms with E-state index in [4.69, 9.17) is 23.4 Å². The molecule has 0 radical (unpaired) electrons. The Bertz CT molecular complexity index is 1550. The summed E-state index contributed by atoms with van der Waals surface area (Å²) in [5.41, 5.74) is 1.13. The van der Waals surface area contributed by atoms with Gasteiger partial charge in [-0.25, -0.2) is 0 Å². The number of phenols is 2. The van der Waals surface area contributed by atoms with Crippen molar-refractivity contribution >= 4 is 16.9 Å². The Morgan fingerprint density at radius 1 is 0.861 bits per heavy atom. The van der Waals surface area contributed by atoms with E-state index in [0.29, 0.717) is 33.9 Å². The van der Waals surface area contributed by atoms with E-state index >= 15 is 0 Å². The van der Waals surface area contributed by atoms with Crippen LogP contribution in [0.15, 0.2) is 57.7 Å². The monoisotopic (exact) mass is 490 g/mol. The Kier molecular flexibility index (Phi) is 5.68. The normalized spacial score (nSPS) is 14.8. The number of carbonyl (C=O) groups is 1. The summed E-state index contributed by atoms with van der Waals surface area (Å²) in [5.74, 6) is 0.0804. The van der Waals surface area contributed by atoms with Gasteiger partial charge in [0.15, 0.2) is 16.9 Å². The van der Waals surface area contributed by atoms with Gasteiger partial charge in [0, 0.05) is 40.8 Å². The molecule has 184 valence electrons. The molecule has 1 aliphatic rings. The van der Waals surface area contributed by atoms with Crippen LogP contribution in [0.2, 0.25) is 0 Å². The van der Waals surface area contributed by atoms with E-state index in [9.17, 15) is 19.8 Å². The topological polar surface area (TPSA) is 125 Å². The lowest BCUT2D eigenvalue weighted by atomic mass is 9.84. The van der Waals surface area contributed by atoms with E-state index in [0.717, 1.165) is 0 Å². The molecular weight excluding hydrogens is 468 g/mol. The lowest BCUT2D eigenvalue weighted by Gasteiger charge is -2.27. The number of methoxy groups -OCH3 is 3. The SMILES string of the molecule is COc1cc(OC)c([C@@H]2CC(=O)Oc3cc(O)c4c(=O)cc(-c5ccc(O)cc5)oc4c32)cc1OC. The minimum Gasteiger partial charge on any atom is -0.508 e. The van der Waals surface area contributed by atoms with Crippen LogP contribution in [0.4, 0.5) is 0 Å². The maximum atomic E-state index is 13.1. The molecule has 1 aromatic heterocycles. The summed E-state index contributed by atoms with van der Waals surface area (Å²) in [7, 11) is 4.48. The molecule has 1 atom stereocenters. The van der Waals surface area contributed by atoms with Crippen LogP contribution in [0, 0.1) is 0 Å². The first-order valence-corrected chi connectivity index (χ1v) is 11.0. The number of benzene rings is 3. The average Bonchev–Trinajstić information content (AvgIpc) is 2.87. The van der Waals surface area contributed by atoms with Crippen molar-refractivity contribution in [3.63, 3.8) is 0 Å². The smallest absolute Gasteiger partial charge is 0.312 e. The van der Waals surface area contributed by atoms with Crippen molar-refractivity contribution in [2.75, 3.05) is 21.3 Å². The molecule has 0 saturated carbocycles. The summed E-state index contributed by atoms with van der Waals surface area (Å²) in [4.78, 5) is 25.7. The summed E-state index contributed by atoms with van der Waals surface area (Å²) < 4.78 is 28.1. The summed E-state index contributed by atoms with van der Waals surface area (Å²) in [6, 6.07) is 12.0. The van der Waals surface area contributed by atoms with Crippen LogP contribution in [-0.2, 0) is 4.79 Å². The van der Waals surface area contributed by atoms with Gasteiger partial charge in [-0.15, -0.1) is 0 Å². The molecule has 3 aromatic carbocycles. The minimum atomic E-state index is -0.655. The minimum absolute atomic E-state index is 0.0429. The second-order valence-corrected chi connectivity index (χ2v) is 8.21. The second kappa shape index (κ2) is 8.84. The fourth-order valence-corrected chi connectivity index (χ4v) is 4.52. The van der Waals surface area contributed by atoms with E-state index in [2.05, 4.69) is 0 Å². The lowest BCUT2D eigenvalue weighted by Crippen LogP contribution is -2.22. The van der Waals surface area contributed by atoms with Gasteiger partial charge in [-0.2, -0.15) is 0 Å². The standard InChI is InChI=1S/C27H22O9/c1-32-20-12-22(34-3)21(33-2)8-15(20)16-9-24(31)35-23-11-18(30)26-17(29)10-19(36-27(26)25(16)23)13-4-6-14(28)7-5-13/h4-8,10-12,16,28,30H,9H2,1-3H3/t16-/m0/s1. The first kappa shape index (κ1) is 23.1. The van der Waals surface area contributed by atoms with Gasteiger partial charge in [0.2, 0.25) is 0 Å². The average molecular weight is 490 g/mol. The van der Waals surface area contributed by atoms with Crippen molar-refractivity contribution in [3.05, 3.63) is 69.9 Å². The van der Waals surface area contributed by atoms with Gasteiger partial charge in [-0.05, 0) is 30.3 Å². The molecule has 4 aromatic rings. The number of rotatable bonds is 5. The van der Waals surface area contributed by atoms with Crippen LogP contribution in [0.3, 0.4) is 0 Å². The molecular formula is C27H22O9. The van der Waals surface area contributed by atoms with E-state index in [1.807, 2.05) is 0 Å². The molecule has 9 heteroatoms. The van der Waals surface area contributed by atoms with Crippen LogP contribution in [0.5, 0.6) is 34.5 Å². The molecule has 0 aliphatic carbocycles. The predicted octanol–water partition coefficient (Wildman–Crippen LogP) is 4.34. The van der Waals surface area contributed by atoms with Gasteiger partial charge in [-0.3, -0.25) is 9.59 Å². The van der Waals surface area contributed by atoms with Gasteiger partial charge in [0.05, 0.1) is 27.8 Å². The number of esters is 1. The molecule has 0 saturated heterocycles. The maximum absolute atomic E-state index is 13.1. The van der Waals surface area contributed by atoms with E-state index in [1.165, 1.54) is 45.6 Å². The molecule has 0 unspecified atom stereocenters. The molecule has 2 heterocycles. The van der Waals surface area contributed by atoms with Crippen molar-refractivity contribution in [2.45, 2.75) is 12.3 Å². The molecule has 0 fully saturated rings. The van der Waals surface area contributed by atoms with Crippen molar-refractivity contribution < 1.29 is 38.4 Å². The molecule has 1 aliphatic heterocycles. The number of ether oxygens (including phenoxy) is 4. The molecule has 9 nitrogen and oxygen atoms in total. The zero-order valence-corrected chi connectivity index (χ0v) is 19.7. The summed E-state index contributed by atoms with van der Waals surface area (Å²) >= 11 is 0. The molecule has 5 rings (SSSR count). The van der Waals surface area contributed by atoms with E-state index in [1.54, 1.807) is 24.3 Å². The Morgan fingerprint density at radius 2 is 1.53 bits per heavy atom. The van der Waals surface area contributed by atoms with Gasteiger partial charge >= 0.3 is 5.97 Å². The van der Waals surface area contributed by atoms with E-state index < -0.39 is 17.3 Å². The summed E-state index contributed by atoms with van der Waals surface area (Å²) in [6.45, 7) is 0. The van der Waals surface area contributed by atoms with Crippen LogP contribution in [0.25, 0.3) is 22.3 Å². The largest absolute Gasteiger partial charge is 0.508 e. The van der Waals surface area contributed by atoms with E-state index in [-0.39, 0.29) is 40.4 Å². The number of carbonyl (C=O) groups excluding carboxylic acids is 1. The van der Waals surface area contributed by atoms with Gasteiger partial charge in [0.1, 0.15) is 39.7 Å². The third-order valence-electron chi connectivity index (χ3n) is 6.19. The third kappa shape index (κ3) is 3.74. The first-order chi connectivity index (χ1) is 17.3. The summed E-state index contributed by atoms with van der Waals surface area (Å²) in [5, 5.41) is 20.2. The Balaban J connectivity index is 1.82. The first-order valence-electron chi connectivity index (χ1n) is 11.0. The second-order valence-electron chi connectivity index (χ2n) is 8.21. The zero-order chi connectivity index (χ0) is 25.6. The predicted molar refractivity (Wildman–Crippen MR) is 129 cm³/mol. The zero-order valence-electron chi connectivity index (χ0n) is 19.7. The van der Waals surface area contributed by atoms with Crippen molar-refractivity contribution in [2.24, 2.45) is 0 Å². The number of aromatic hydroxyl groups is 2. The number of hydrogen-bond acceptors (Lipinski definition) is 9. The van der Waals surface area contributed by atoms with Crippen molar-refractivity contribution in [3.8, 4) is 45.8 Å². The molecule has 0 spiro atoms. The maximum Gasteiger partial charge on any atom is 0.312 e. The Hall–Kier alpha value is -4.66. The van der Waals surface area contributed by atoms with Crippen LogP contribution < -0.4 is 24.4 Å². The van der Waals surface area contributed by atoms with Crippen LogP contribution >= 0.6 is 0 Å². The quantitative estimate of drug-likeness (QED) is 0.310. The number of phenolic OH excluding ortho intramolecular Hbond substituents is 2. The highest BCUT2D eigenvalue weighted by Gasteiger charge is 2.35. The molecule has 2 N–H and O–H groups in total. The number of fused-ring (bicyclic) bond motifs is 3. The van der Waals surface area contributed by atoms with Crippen molar-refractivity contribution in [1.82, 2.24) is 0 Å². The Labute approximate surface area is 205 Å². The van der Waals surface area contributed by atoms with Gasteiger partial charge < -0.3 is 33.6 Å². The fourth-order valence-electron chi connectivity index (χ4n) is 4.52. The number of hydrogen-bond donors (Lipinski definition) is 2. The lowest BCUT2D eigenvalue weighted by molar-refractivity contribution is -0.135. The van der Waals surface area contributed by atoms with Gasteiger partial charge in [0.25, 0.3) is 0 Å². The van der Waals surface area contributed by atoms with Crippen LogP contribution in [0.1, 0.15) is 23.5 Å². The molecule has 36 heavy (non-hydrogen) atoms. The molecule has 0 bridgehead atoms. The highest BCUT2D eigenvalue weighted by Crippen LogP contribution is 2.49. The fraction of sp³-hybridized carbons (Fsp3) is 0.185. The highest BCUT2D eigenvalue weighted by molar-refractivity contribution is 5.93. The van der Waals surface area contributed by atoms with Crippen molar-refractivity contribution in [1.29, 1.82) is 0 Å².